The predicted octanol–water partition coefficient (Wildman–Crippen LogP) is 1.27. The van der Waals surface area contributed by atoms with Gasteiger partial charge in [-0.2, -0.15) is 0 Å². The van der Waals surface area contributed by atoms with E-state index in [1.807, 2.05) is 20.0 Å². The van der Waals surface area contributed by atoms with E-state index in [2.05, 4.69) is 11.2 Å². The minimum atomic E-state index is 0.820. The third-order valence-electron chi connectivity index (χ3n) is 1.21. The molecule has 0 rings (SSSR count). The van der Waals surface area contributed by atoms with Crippen LogP contribution in [0, 0.1) is 12.3 Å². The number of terminal acetylenes is 1. The van der Waals surface area contributed by atoms with Crippen LogP contribution in [0.25, 0.3) is 0 Å². The lowest BCUT2D eigenvalue weighted by atomic mass is 10.3. The van der Waals surface area contributed by atoms with Gasteiger partial charge in [0.2, 0.25) is 0 Å². The first-order chi connectivity index (χ1) is 5.24. The standard InChI is InChI=1S/C9H13NO/c1-5-6-9(10-3)7-8(2)11-4/h1,6-7,10H,2-4H3/b8-7+,9-6+. The van der Waals surface area contributed by atoms with Crippen LogP contribution in [0.3, 0.4) is 0 Å². The third-order valence-corrected chi connectivity index (χ3v) is 1.21. The first-order valence-electron chi connectivity index (χ1n) is 3.31. The molecule has 0 aromatic heterocycles. The van der Waals surface area contributed by atoms with E-state index in [1.54, 1.807) is 13.2 Å². The van der Waals surface area contributed by atoms with Gasteiger partial charge in [0.05, 0.1) is 12.9 Å². The number of likely N-dealkylation sites (N-methyl/N-ethyl adjacent to an activating group) is 1. The van der Waals surface area contributed by atoms with Crippen LogP contribution in [0.4, 0.5) is 0 Å². The number of hydrogen-bond donors (Lipinski definition) is 1. The van der Waals surface area contributed by atoms with Gasteiger partial charge in [0.25, 0.3) is 0 Å². The van der Waals surface area contributed by atoms with Crippen molar-refractivity contribution in [1.29, 1.82) is 0 Å². The topological polar surface area (TPSA) is 21.3 Å². The van der Waals surface area contributed by atoms with Crippen LogP contribution in [0.1, 0.15) is 6.92 Å². The van der Waals surface area contributed by atoms with Crippen molar-refractivity contribution >= 4 is 0 Å². The molecular formula is C9H13NO. The Morgan fingerprint density at radius 1 is 1.64 bits per heavy atom. The number of nitrogens with one attached hydrogen (secondary N) is 1. The zero-order chi connectivity index (χ0) is 8.69. The first-order valence-corrected chi connectivity index (χ1v) is 3.31. The molecular weight excluding hydrogens is 138 g/mol. The van der Waals surface area contributed by atoms with Crippen molar-refractivity contribution in [1.82, 2.24) is 5.32 Å². The van der Waals surface area contributed by atoms with Crippen molar-refractivity contribution in [3.05, 3.63) is 23.6 Å². The van der Waals surface area contributed by atoms with Crippen LogP contribution >= 0.6 is 0 Å². The van der Waals surface area contributed by atoms with Crippen molar-refractivity contribution in [3.8, 4) is 12.3 Å². The van der Waals surface area contributed by atoms with Crippen LogP contribution < -0.4 is 5.32 Å². The Kier molecular flexibility index (Phi) is 4.76. The Morgan fingerprint density at radius 2 is 2.27 bits per heavy atom. The summed E-state index contributed by atoms with van der Waals surface area (Å²) in [5.74, 6) is 3.24. The predicted molar refractivity (Wildman–Crippen MR) is 46.7 cm³/mol. The molecule has 0 aromatic carbocycles. The molecule has 0 aliphatic rings. The highest BCUT2D eigenvalue weighted by Crippen LogP contribution is 1.98. The van der Waals surface area contributed by atoms with Crippen molar-refractivity contribution in [2.45, 2.75) is 6.92 Å². The maximum Gasteiger partial charge on any atom is 0.0945 e. The Hall–Kier alpha value is -1.36. The van der Waals surface area contributed by atoms with Crippen LogP contribution in [0.5, 0.6) is 0 Å². The highest BCUT2D eigenvalue weighted by molar-refractivity contribution is 5.26. The van der Waals surface area contributed by atoms with Gasteiger partial charge in [0, 0.05) is 18.8 Å². The number of ether oxygens (including phenoxy) is 1. The summed E-state index contributed by atoms with van der Waals surface area (Å²) in [7, 11) is 3.43. The molecule has 2 nitrogen and oxygen atoms in total. The molecule has 0 saturated carbocycles. The monoisotopic (exact) mass is 151 g/mol. The number of rotatable bonds is 3. The minimum Gasteiger partial charge on any atom is -0.501 e. The molecule has 0 aromatic rings. The van der Waals surface area contributed by atoms with E-state index in [4.69, 9.17) is 11.2 Å². The van der Waals surface area contributed by atoms with Gasteiger partial charge in [0.1, 0.15) is 0 Å². The van der Waals surface area contributed by atoms with Crippen LogP contribution in [-0.4, -0.2) is 14.2 Å². The molecule has 1 N–H and O–H groups in total. The number of hydrogen-bond acceptors (Lipinski definition) is 2. The summed E-state index contributed by atoms with van der Waals surface area (Å²) < 4.78 is 4.94. The molecule has 0 heterocycles. The highest BCUT2D eigenvalue weighted by Gasteiger charge is 1.88. The third kappa shape index (κ3) is 4.10. The maximum absolute atomic E-state index is 5.09. The molecule has 0 unspecified atom stereocenters. The van der Waals surface area contributed by atoms with E-state index in [9.17, 15) is 0 Å². The summed E-state index contributed by atoms with van der Waals surface area (Å²) in [5.41, 5.74) is 0.867. The van der Waals surface area contributed by atoms with E-state index >= 15 is 0 Å². The Morgan fingerprint density at radius 3 is 2.64 bits per heavy atom. The molecule has 11 heavy (non-hydrogen) atoms. The molecule has 0 aliphatic heterocycles. The van der Waals surface area contributed by atoms with Gasteiger partial charge in [-0.1, -0.05) is 5.92 Å². The van der Waals surface area contributed by atoms with Gasteiger partial charge in [-0.25, -0.2) is 0 Å². The van der Waals surface area contributed by atoms with E-state index in [0.717, 1.165) is 11.5 Å². The van der Waals surface area contributed by atoms with Gasteiger partial charge < -0.3 is 10.1 Å². The second kappa shape index (κ2) is 5.43. The van der Waals surface area contributed by atoms with Crippen LogP contribution in [0.15, 0.2) is 23.6 Å². The molecule has 0 atom stereocenters. The van der Waals surface area contributed by atoms with Gasteiger partial charge in [0.15, 0.2) is 0 Å². The Labute approximate surface area is 67.9 Å². The lowest BCUT2D eigenvalue weighted by Crippen LogP contribution is -2.03. The second-order valence-corrected chi connectivity index (χ2v) is 1.98. The fourth-order valence-corrected chi connectivity index (χ4v) is 0.554. The van der Waals surface area contributed by atoms with Crippen LogP contribution in [0.2, 0.25) is 0 Å². The molecule has 0 saturated heterocycles. The molecule has 0 aliphatic carbocycles. The molecule has 0 bridgehead atoms. The number of methoxy groups -OCH3 is 1. The summed E-state index contributed by atoms with van der Waals surface area (Å²) in [6.45, 7) is 1.86. The molecule has 0 spiro atoms. The highest BCUT2D eigenvalue weighted by atomic mass is 16.5. The normalized spacial score (nSPS) is 12.2. The second-order valence-electron chi connectivity index (χ2n) is 1.98. The van der Waals surface area contributed by atoms with Crippen molar-refractivity contribution in [3.63, 3.8) is 0 Å². The average Bonchev–Trinajstić information content (AvgIpc) is 2.03. The fourth-order valence-electron chi connectivity index (χ4n) is 0.554. The molecule has 0 amide bonds. The average molecular weight is 151 g/mol. The van der Waals surface area contributed by atoms with Gasteiger partial charge >= 0.3 is 0 Å². The van der Waals surface area contributed by atoms with Gasteiger partial charge in [-0.3, -0.25) is 0 Å². The quantitative estimate of drug-likeness (QED) is 0.372. The van der Waals surface area contributed by atoms with Crippen molar-refractivity contribution in [2.24, 2.45) is 0 Å². The van der Waals surface area contributed by atoms with Gasteiger partial charge in [-0.05, 0) is 13.0 Å². The summed E-state index contributed by atoms with van der Waals surface area (Å²) in [6.07, 6.45) is 8.56. The zero-order valence-electron chi connectivity index (χ0n) is 7.14. The van der Waals surface area contributed by atoms with E-state index in [-0.39, 0.29) is 0 Å². The van der Waals surface area contributed by atoms with E-state index in [1.165, 1.54) is 0 Å². The lowest BCUT2D eigenvalue weighted by molar-refractivity contribution is 0.293. The van der Waals surface area contributed by atoms with E-state index in [0.29, 0.717) is 0 Å². The Bertz CT molecular complexity index is 208. The molecule has 60 valence electrons. The summed E-state index contributed by atoms with van der Waals surface area (Å²) in [4.78, 5) is 0. The Balaban J connectivity index is 4.32. The molecule has 0 fully saturated rings. The lowest BCUT2D eigenvalue weighted by Gasteiger charge is -2.01. The summed E-state index contributed by atoms with van der Waals surface area (Å²) in [5, 5.41) is 2.93. The summed E-state index contributed by atoms with van der Waals surface area (Å²) in [6, 6.07) is 0. The summed E-state index contributed by atoms with van der Waals surface area (Å²) >= 11 is 0. The van der Waals surface area contributed by atoms with Gasteiger partial charge in [-0.15, -0.1) is 6.42 Å². The maximum atomic E-state index is 5.09. The van der Waals surface area contributed by atoms with E-state index < -0.39 is 0 Å². The minimum absolute atomic E-state index is 0.820. The largest absolute Gasteiger partial charge is 0.501 e. The fraction of sp³-hybridized carbons (Fsp3) is 0.333. The van der Waals surface area contributed by atoms with Crippen molar-refractivity contribution < 1.29 is 4.74 Å². The number of allylic oxidation sites excluding steroid dienone is 3. The molecule has 0 radical (unpaired) electrons. The SMILES string of the molecule is C#C/C=C(\C=C(/C)OC)NC. The molecule has 2 heteroatoms. The van der Waals surface area contributed by atoms with Crippen LogP contribution in [-0.2, 0) is 4.74 Å². The smallest absolute Gasteiger partial charge is 0.0945 e. The zero-order valence-corrected chi connectivity index (χ0v) is 7.14. The van der Waals surface area contributed by atoms with Crippen molar-refractivity contribution in [2.75, 3.05) is 14.2 Å². The first kappa shape index (κ1) is 9.64.